The maximum Gasteiger partial charge on any atom is 0.239 e. The van der Waals surface area contributed by atoms with E-state index in [1.165, 1.54) is 0 Å². The Balaban J connectivity index is 3.56. The summed E-state index contributed by atoms with van der Waals surface area (Å²) in [6.07, 6.45) is 0. The third-order valence-electron chi connectivity index (χ3n) is 1.37. The highest BCUT2D eigenvalue weighted by atomic mass is 32.1. The SMILES string of the molecule is COCCNC(=S)NC(C)C(N)=O. The van der Waals surface area contributed by atoms with E-state index in [9.17, 15) is 4.79 Å². The summed E-state index contributed by atoms with van der Waals surface area (Å²) in [5, 5.41) is 5.99. The van der Waals surface area contributed by atoms with Crippen LogP contribution in [0.2, 0.25) is 0 Å². The molecule has 0 aromatic heterocycles. The quantitative estimate of drug-likeness (QED) is 0.395. The average Bonchev–Trinajstić information content (AvgIpc) is 2.04. The van der Waals surface area contributed by atoms with Gasteiger partial charge in [-0.05, 0) is 19.1 Å². The molecule has 0 aliphatic heterocycles. The predicted octanol–water partition coefficient (Wildman–Crippen LogP) is -1.03. The summed E-state index contributed by atoms with van der Waals surface area (Å²) in [7, 11) is 1.60. The van der Waals surface area contributed by atoms with Gasteiger partial charge in [0.1, 0.15) is 6.04 Å². The van der Waals surface area contributed by atoms with Gasteiger partial charge in [-0.3, -0.25) is 4.79 Å². The normalized spacial score (nSPS) is 11.8. The number of nitrogens with one attached hydrogen (secondary N) is 2. The van der Waals surface area contributed by atoms with Crippen LogP contribution in [0, 0.1) is 0 Å². The Labute approximate surface area is 83.0 Å². The molecule has 0 spiro atoms. The van der Waals surface area contributed by atoms with Crippen molar-refractivity contribution in [1.82, 2.24) is 10.6 Å². The maximum absolute atomic E-state index is 10.6. The van der Waals surface area contributed by atoms with Crippen LogP contribution in [0.5, 0.6) is 0 Å². The van der Waals surface area contributed by atoms with Crippen LogP contribution >= 0.6 is 12.2 Å². The minimum absolute atomic E-state index is 0.406. The van der Waals surface area contributed by atoms with Gasteiger partial charge in [0, 0.05) is 13.7 Å². The molecule has 0 aliphatic rings. The van der Waals surface area contributed by atoms with Gasteiger partial charge in [0.15, 0.2) is 5.11 Å². The highest BCUT2D eigenvalue weighted by Crippen LogP contribution is 1.78. The first kappa shape index (κ1) is 12.1. The molecule has 76 valence electrons. The minimum Gasteiger partial charge on any atom is -0.383 e. The van der Waals surface area contributed by atoms with Gasteiger partial charge >= 0.3 is 0 Å². The Morgan fingerprint density at radius 2 is 2.31 bits per heavy atom. The molecule has 0 radical (unpaired) electrons. The number of rotatable bonds is 5. The minimum atomic E-state index is -0.456. The zero-order valence-electron chi connectivity index (χ0n) is 7.79. The molecule has 0 saturated carbocycles. The van der Waals surface area contributed by atoms with E-state index >= 15 is 0 Å². The second-order valence-corrected chi connectivity index (χ2v) is 2.93. The van der Waals surface area contributed by atoms with E-state index in [4.69, 9.17) is 22.7 Å². The fraction of sp³-hybridized carbons (Fsp3) is 0.714. The van der Waals surface area contributed by atoms with Gasteiger partial charge in [-0.2, -0.15) is 0 Å². The number of ether oxygens (including phenoxy) is 1. The largest absolute Gasteiger partial charge is 0.383 e. The van der Waals surface area contributed by atoms with Crippen LogP contribution < -0.4 is 16.4 Å². The summed E-state index contributed by atoms with van der Waals surface area (Å²) >= 11 is 4.88. The molecule has 0 aromatic carbocycles. The van der Waals surface area contributed by atoms with E-state index < -0.39 is 11.9 Å². The van der Waals surface area contributed by atoms with Crippen LogP contribution in [-0.2, 0) is 9.53 Å². The van der Waals surface area contributed by atoms with E-state index in [1.54, 1.807) is 14.0 Å². The van der Waals surface area contributed by atoms with E-state index in [0.717, 1.165) is 0 Å². The van der Waals surface area contributed by atoms with Crippen LogP contribution in [0.15, 0.2) is 0 Å². The number of nitrogens with two attached hydrogens (primary N) is 1. The molecular formula is C7H15N3O2S. The van der Waals surface area contributed by atoms with Crippen LogP contribution in [0.1, 0.15) is 6.92 Å². The van der Waals surface area contributed by atoms with Gasteiger partial charge < -0.3 is 21.1 Å². The molecule has 1 atom stereocenters. The molecule has 6 heteroatoms. The number of primary amides is 1. The first-order valence-corrected chi connectivity index (χ1v) is 4.31. The number of carbonyl (C=O) groups excluding carboxylic acids is 1. The predicted molar refractivity (Wildman–Crippen MR) is 54.3 cm³/mol. The van der Waals surface area contributed by atoms with Crippen molar-refractivity contribution in [1.29, 1.82) is 0 Å². The van der Waals surface area contributed by atoms with E-state index in [-0.39, 0.29) is 0 Å². The van der Waals surface area contributed by atoms with Crippen molar-refractivity contribution in [3.63, 3.8) is 0 Å². The molecule has 1 unspecified atom stereocenters. The van der Waals surface area contributed by atoms with Crippen LogP contribution in [0.25, 0.3) is 0 Å². The lowest BCUT2D eigenvalue weighted by Crippen LogP contribution is -2.47. The topological polar surface area (TPSA) is 76.4 Å². The van der Waals surface area contributed by atoms with E-state index in [1.807, 2.05) is 0 Å². The second-order valence-electron chi connectivity index (χ2n) is 2.52. The van der Waals surface area contributed by atoms with Crippen LogP contribution in [0.4, 0.5) is 0 Å². The Hall–Kier alpha value is -0.880. The Bertz CT molecular complexity index is 187. The summed E-state index contributed by atoms with van der Waals surface area (Å²) in [6.45, 7) is 2.81. The van der Waals surface area contributed by atoms with Gasteiger partial charge in [-0.1, -0.05) is 0 Å². The molecule has 1 amide bonds. The van der Waals surface area contributed by atoms with Crippen molar-refractivity contribution in [3.8, 4) is 0 Å². The zero-order valence-corrected chi connectivity index (χ0v) is 8.61. The number of hydrogen-bond acceptors (Lipinski definition) is 3. The molecule has 0 aliphatic carbocycles. The van der Waals surface area contributed by atoms with Crippen LogP contribution in [-0.4, -0.2) is 37.3 Å². The first-order valence-electron chi connectivity index (χ1n) is 3.90. The monoisotopic (exact) mass is 205 g/mol. The third-order valence-corrected chi connectivity index (χ3v) is 1.63. The van der Waals surface area contributed by atoms with Crippen molar-refractivity contribution in [3.05, 3.63) is 0 Å². The molecule has 0 aromatic rings. The molecule has 4 N–H and O–H groups in total. The smallest absolute Gasteiger partial charge is 0.239 e. The van der Waals surface area contributed by atoms with Gasteiger partial charge in [-0.25, -0.2) is 0 Å². The fourth-order valence-corrected chi connectivity index (χ4v) is 0.864. The molecule has 0 rings (SSSR count). The summed E-state index contributed by atoms with van der Waals surface area (Å²) in [5.41, 5.74) is 5.03. The molecule has 0 bridgehead atoms. The maximum atomic E-state index is 10.6. The molecule has 0 heterocycles. The molecule has 5 nitrogen and oxygen atoms in total. The lowest BCUT2D eigenvalue weighted by atomic mass is 10.3. The summed E-state index contributed by atoms with van der Waals surface area (Å²) in [5.74, 6) is -0.434. The zero-order chi connectivity index (χ0) is 10.3. The highest BCUT2D eigenvalue weighted by Gasteiger charge is 2.08. The fourth-order valence-electron chi connectivity index (χ4n) is 0.585. The van der Waals surface area contributed by atoms with Crippen molar-refractivity contribution < 1.29 is 9.53 Å². The van der Waals surface area contributed by atoms with Crippen molar-refractivity contribution in [2.24, 2.45) is 5.73 Å². The number of amides is 1. The Morgan fingerprint density at radius 1 is 1.69 bits per heavy atom. The summed E-state index contributed by atoms with van der Waals surface area (Å²) in [6, 6.07) is -0.456. The Kier molecular flexibility index (Phi) is 6.17. The first-order chi connectivity index (χ1) is 6.07. The van der Waals surface area contributed by atoms with Crippen molar-refractivity contribution in [2.45, 2.75) is 13.0 Å². The number of thiocarbonyl (C=S) groups is 1. The molecule has 0 saturated heterocycles. The van der Waals surface area contributed by atoms with Crippen molar-refractivity contribution >= 4 is 23.2 Å². The number of methoxy groups -OCH3 is 1. The van der Waals surface area contributed by atoms with Crippen molar-refractivity contribution in [2.75, 3.05) is 20.3 Å². The number of hydrogen-bond donors (Lipinski definition) is 3. The van der Waals surface area contributed by atoms with E-state index in [0.29, 0.717) is 18.3 Å². The molecule has 13 heavy (non-hydrogen) atoms. The second kappa shape index (κ2) is 6.62. The third kappa shape index (κ3) is 6.30. The van der Waals surface area contributed by atoms with Gasteiger partial charge in [-0.15, -0.1) is 0 Å². The molecular weight excluding hydrogens is 190 g/mol. The molecule has 0 fully saturated rings. The van der Waals surface area contributed by atoms with Crippen LogP contribution in [0.3, 0.4) is 0 Å². The highest BCUT2D eigenvalue weighted by molar-refractivity contribution is 7.80. The number of carbonyl (C=O) groups is 1. The lowest BCUT2D eigenvalue weighted by Gasteiger charge is -2.13. The summed E-state index contributed by atoms with van der Waals surface area (Å²) < 4.78 is 4.80. The van der Waals surface area contributed by atoms with Gasteiger partial charge in [0.25, 0.3) is 0 Å². The van der Waals surface area contributed by atoms with E-state index in [2.05, 4.69) is 10.6 Å². The lowest BCUT2D eigenvalue weighted by molar-refractivity contribution is -0.119. The van der Waals surface area contributed by atoms with Gasteiger partial charge in [0.05, 0.1) is 6.61 Å². The Morgan fingerprint density at radius 3 is 2.77 bits per heavy atom. The van der Waals surface area contributed by atoms with Gasteiger partial charge in [0.2, 0.25) is 5.91 Å². The summed E-state index contributed by atoms with van der Waals surface area (Å²) in [4.78, 5) is 10.6. The standard InChI is InChI=1S/C7H15N3O2S/c1-5(6(8)11)10-7(13)9-3-4-12-2/h5H,3-4H2,1-2H3,(H2,8,11)(H2,9,10,13). The average molecular weight is 205 g/mol.